The Bertz CT molecular complexity index is 2210. The minimum atomic E-state index is -1.88. The maximum absolute atomic E-state index is 14.3. The van der Waals surface area contributed by atoms with Crippen LogP contribution in [-0.2, 0) is 64.0 Å². The molecule has 3 rings (SSSR count). The van der Waals surface area contributed by atoms with Gasteiger partial charge in [0, 0.05) is 31.8 Å². The first-order chi connectivity index (χ1) is 36.0. The van der Waals surface area contributed by atoms with Crippen molar-refractivity contribution in [2.75, 3.05) is 13.2 Å². The van der Waals surface area contributed by atoms with Crippen LogP contribution in [0.25, 0.3) is 0 Å². The number of rotatable bonds is 23. The van der Waals surface area contributed by atoms with E-state index in [9.17, 15) is 72.9 Å². The maximum atomic E-state index is 14.3. The number of hydrogen-bond acceptors (Lipinski definition) is 14. The molecule has 26 nitrogen and oxygen atoms in total. The van der Waals surface area contributed by atoms with Gasteiger partial charge in [-0.2, -0.15) is 0 Å². The van der Waals surface area contributed by atoms with Crippen molar-refractivity contribution < 1.29 is 72.9 Å². The highest BCUT2D eigenvalue weighted by atomic mass is 16.4. The summed E-state index contributed by atoms with van der Waals surface area (Å²) < 4.78 is 0. The molecule has 0 radical (unpaired) electrons. The van der Waals surface area contributed by atoms with Gasteiger partial charge in [-0.25, -0.2) is 0 Å². The number of amides is 11. The van der Waals surface area contributed by atoms with Gasteiger partial charge >= 0.3 is 5.97 Å². The largest absolute Gasteiger partial charge is 0.508 e. The van der Waals surface area contributed by atoms with E-state index in [1.165, 1.54) is 24.3 Å². The third kappa shape index (κ3) is 22.6. The van der Waals surface area contributed by atoms with Gasteiger partial charge in [0.15, 0.2) is 0 Å². The molecule has 26 heteroatoms. The van der Waals surface area contributed by atoms with Crippen molar-refractivity contribution in [1.29, 1.82) is 0 Å². The molecule has 2 heterocycles. The van der Waals surface area contributed by atoms with Crippen LogP contribution in [0, 0.1) is 5.92 Å². The number of phenols is 1. The monoisotopic (exact) mass is 1070 g/mol. The van der Waals surface area contributed by atoms with Crippen LogP contribution >= 0.6 is 0 Å². The lowest BCUT2D eigenvalue weighted by atomic mass is 10.0. The van der Waals surface area contributed by atoms with Crippen LogP contribution in [0.2, 0.25) is 0 Å². The summed E-state index contributed by atoms with van der Waals surface area (Å²) in [5.74, 6) is -12.7. The van der Waals surface area contributed by atoms with Gasteiger partial charge in [-0.05, 0) is 49.3 Å². The number of aliphatic hydroxyl groups excluding tert-OH is 1. The molecule has 1 aromatic rings. The van der Waals surface area contributed by atoms with E-state index in [1.807, 2.05) is 0 Å². The van der Waals surface area contributed by atoms with Crippen molar-refractivity contribution in [3.63, 3.8) is 0 Å². The number of nitrogens with zero attached hydrogens (tertiary/aromatic N) is 1. The molecule has 8 atom stereocenters. The fourth-order valence-electron chi connectivity index (χ4n) is 8.89. The molecule has 2 aliphatic heterocycles. The molecule has 11 amide bonds. The van der Waals surface area contributed by atoms with Crippen LogP contribution in [0.3, 0.4) is 0 Å². The number of fused-ring (bicyclic) bond motifs is 1. The van der Waals surface area contributed by atoms with Gasteiger partial charge in [-0.1, -0.05) is 83.8 Å². The Morgan fingerprint density at radius 3 is 1.62 bits per heavy atom. The second-order valence-corrected chi connectivity index (χ2v) is 19.8. The van der Waals surface area contributed by atoms with E-state index >= 15 is 0 Å². The van der Waals surface area contributed by atoms with E-state index in [0.717, 1.165) is 49.8 Å². The predicted molar refractivity (Wildman–Crippen MR) is 271 cm³/mol. The molecule has 422 valence electrons. The summed E-state index contributed by atoms with van der Waals surface area (Å²) in [5.41, 5.74) is 16.6. The average molecular weight is 1070 g/mol. The second kappa shape index (κ2) is 32.1. The van der Waals surface area contributed by atoms with Crippen LogP contribution in [0.5, 0.6) is 5.75 Å². The summed E-state index contributed by atoms with van der Waals surface area (Å²) in [6.07, 6.45) is 4.15. The van der Waals surface area contributed by atoms with Gasteiger partial charge < -0.3 is 74.6 Å². The number of nitrogens with two attached hydrogens (primary N) is 3. The number of benzene rings is 1. The van der Waals surface area contributed by atoms with E-state index in [4.69, 9.17) is 17.2 Å². The Balaban J connectivity index is 2.10. The zero-order valence-electron chi connectivity index (χ0n) is 43.3. The molecular formula is C50H77N11O15. The SMILES string of the molecule is CC(C)CCCCCCCCCCC1CC(=O)NC(CC(=O)O)C(=O)NC(Cc2ccc(O)cc2)C(=O)NC(CC(N)=O)C(=O)NC(CCC(N)=O)C(=O)N2CCCC2C(=O)NC(CC(N)=O)C(=O)NC(CO)C(=O)N1. The molecule has 1 aromatic carbocycles. The molecule has 0 aromatic heterocycles. The lowest BCUT2D eigenvalue weighted by molar-refractivity contribution is -0.143. The quantitative estimate of drug-likeness (QED) is 0.0516. The van der Waals surface area contributed by atoms with Crippen molar-refractivity contribution >= 4 is 70.9 Å². The number of carboxylic acid groups (broad SMARTS) is 1. The van der Waals surface area contributed by atoms with Crippen molar-refractivity contribution in [2.24, 2.45) is 23.1 Å². The van der Waals surface area contributed by atoms with Crippen molar-refractivity contribution in [1.82, 2.24) is 42.1 Å². The number of primary amides is 3. The fourth-order valence-corrected chi connectivity index (χ4v) is 8.89. The van der Waals surface area contributed by atoms with Crippen LogP contribution in [0.1, 0.15) is 135 Å². The number of phenolic OH excluding ortho intramolecular Hbond substituents is 1. The van der Waals surface area contributed by atoms with E-state index in [1.54, 1.807) is 0 Å². The molecule has 0 aliphatic carbocycles. The third-order valence-electron chi connectivity index (χ3n) is 12.9. The van der Waals surface area contributed by atoms with Crippen molar-refractivity contribution in [3.05, 3.63) is 29.8 Å². The van der Waals surface area contributed by atoms with E-state index in [-0.39, 0.29) is 38.0 Å². The summed E-state index contributed by atoms with van der Waals surface area (Å²) in [4.78, 5) is 162. The number of aliphatic hydroxyl groups is 1. The Hall–Kier alpha value is -7.38. The smallest absolute Gasteiger partial charge is 0.305 e. The number of hydrogen-bond donors (Lipinski definition) is 13. The molecular weight excluding hydrogens is 995 g/mol. The highest BCUT2D eigenvalue weighted by Gasteiger charge is 2.41. The number of carbonyl (C=O) groups is 12. The van der Waals surface area contributed by atoms with Gasteiger partial charge in [0.1, 0.15) is 48.0 Å². The van der Waals surface area contributed by atoms with Gasteiger partial charge in [0.25, 0.3) is 0 Å². The van der Waals surface area contributed by atoms with Gasteiger partial charge in [0.2, 0.25) is 65.0 Å². The van der Waals surface area contributed by atoms with Crippen molar-refractivity contribution in [2.45, 2.75) is 184 Å². The molecule has 16 N–H and O–H groups in total. The molecule has 76 heavy (non-hydrogen) atoms. The van der Waals surface area contributed by atoms with Crippen LogP contribution in [0.4, 0.5) is 0 Å². The average Bonchev–Trinajstić information content (AvgIpc) is 3.84. The van der Waals surface area contributed by atoms with E-state index < -0.39 is 164 Å². The summed E-state index contributed by atoms with van der Waals surface area (Å²) >= 11 is 0. The zero-order valence-corrected chi connectivity index (χ0v) is 43.3. The summed E-state index contributed by atoms with van der Waals surface area (Å²) in [7, 11) is 0. The number of carboxylic acids is 1. The minimum Gasteiger partial charge on any atom is -0.508 e. The maximum Gasteiger partial charge on any atom is 0.305 e. The number of aliphatic carboxylic acids is 1. The lowest BCUT2D eigenvalue weighted by Gasteiger charge is -2.31. The normalized spacial score (nSPS) is 23.8. The second-order valence-electron chi connectivity index (χ2n) is 19.8. The summed E-state index contributed by atoms with van der Waals surface area (Å²) in [5, 5.41) is 46.9. The van der Waals surface area contributed by atoms with Crippen LogP contribution < -0.4 is 54.4 Å². The molecule has 2 aliphatic rings. The van der Waals surface area contributed by atoms with Gasteiger partial charge in [-0.15, -0.1) is 0 Å². The summed E-state index contributed by atoms with van der Waals surface area (Å²) in [6, 6.07) is -7.69. The predicted octanol–water partition coefficient (Wildman–Crippen LogP) is -2.24. The molecule has 8 unspecified atom stereocenters. The third-order valence-corrected chi connectivity index (χ3v) is 12.9. The summed E-state index contributed by atoms with van der Waals surface area (Å²) in [6.45, 7) is 3.24. The zero-order chi connectivity index (χ0) is 56.5. The Labute approximate surface area is 440 Å². The highest BCUT2D eigenvalue weighted by molar-refractivity contribution is 6.00. The minimum absolute atomic E-state index is 0.00410. The van der Waals surface area contributed by atoms with E-state index in [0.29, 0.717) is 24.3 Å². The van der Waals surface area contributed by atoms with Gasteiger partial charge in [0.05, 0.1) is 25.9 Å². The molecule has 2 fully saturated rings. The number of nitrogens with one attached hydrogen (secondary N) is 7. The number of aromatic hydroxyl groups is 1. The fraction of sp³-hybridized carbons (Fsp3) is 0.640. The first-order valence-electron chi connectivity index (χ1n) is 25.8. The van der Waals surface area contributed by atoms with Crippen LogP contribution in [0.15, 0.2) is 24.3 Å². The standard InChI is InChI=1S/C50H77N11O15/c1-28(2)12-9-7-5-3-4-6-8-10-13-30-23-42(67)55-36(26-43(68)69)47(73)57-33(22-29-15-17-31(63)18-16-29)44(70)58-34(24-40(52)65)45(71)56-32(19-20-39(51)64)50(76)61-21-11-14-38(61)49(75)59-35(25-41(53)66)46(72)60-37(27-62)48(74)54-30/h15-18,28,30,32-38,62-63H,3-14,19-27H2,1-2H3,(H2,51,64)(H2,52,65)(H2,53,66)(H,54,74)(H,55,67)(H,56,71)(H,57,73)(H,58,70)(H,59,75)(H,60,72)(H,68,69). The topological polar surface area (TPSA) is 431 Å². The highest BCUT2D eigenvalue weighted by Crippen LogP contribution is 2.21. The van der Waals surface area contributed by atoms with E-state index in [2.05, 4.69) is 51.1 Å². The number of unbranched alkanes of at least 4 members (excludes halogenated alkanes) is 7. The Morgan fingerprint density at radius 2 is 1.08 bits per heavy atom. The number of carbonyl (C=O) groups excluding carboxylic acids is 11. The van der Waals surface area contributed by atoms with Gasteiger partial charge in [-0.3, -0.25) is 57.5 Å². The Morgan fingerprint density at radius 1 is 0.592 bits per heavy atom. The lowest BCUT2D eigenvalue weighted by Crippen LogP contribution is -2.60. The van der Waals surface area contributed by atoms with Crippen LogP contribution in [-0.4, -0.2) is 153 Å². The molecule has 0 bridgehead atoms. The molecule has 0 saturated carbocycles. The first-order valence-corrected chi connectivity index (χ1v) is 25.8. The van der Waals surface area contributed by atoms with Crippen molar-refractivity contribution in [3.8, 4) is 5.75 Å². The molecule has 2 saturated heterocycles. The first kappa shape index (κ1) is 62.9. The Kier molecular flexibility index (Phi) is 26.6. The molecule has 0 spiro atoms.